The van der Waals surface area contributed by atoms with Crippen LogP contribution in [0, 0.1) is 0 Å². The summed E-state index contributed by atoms with van der Waals surface area (Å²) in [4.78, 5) is 6.88. The first-order chi connectivity index (χ1) is 15.9. The molecule has 176 valence electrons. The number of rotatable bonds is 10. The topological polar surface area (TPSA) is 98.0 Å². The number of hydrogen-bond acceptors (Lipinski definition) is 8. The van der Waals surface area contributed by atoms with Crippen LogP contribution in [0.4, 0.5) is 5.69 Å². The number of methoxy groups -OCH3 is 1. The van der Waals surface area contributed by atoms with Crippen molar-refractivity contribution in [3.8, 4) is 11.5 Å². The molecule has 0 unspecified atom stereocenters. The van der Waals surface area contributed by atoms with Gasteiger partial charge in [-0.1, -0.05) is 19.0 Å². The van der Waals surface area contributed by atoms with Crippen molar-refractivity contribution in [1.82, 2.24) is 14.4 Å². The summed E-state index contributed by atoms with van der Waals surface area (Å²) in [5, 5.41) is 4.00. The fraction of sp³-hybridized carbons (Fsp3) is 0.391. The van der Waals surface area contributed by atoms with Crippen molar-refractivity contribution in [3.63, 3.8) is 0 Å². The summed E-state index contributed by atoms with van der Waals surface area (Å²) in [6.45, 7) is 5.98. The number of aromatic nitrogens is 2. The first-order valence-electron chi connectivity index (χ1n) is 10.9. The van der Waals surface area contributed by atoms with E-state index in [1.165, 1.54) is 4.31 Å². The van der Waals surface area contributed by atoms with E-state index in [4.69, 9.17) is 14.0 Å². The quantitative estimate of drug-likeness (QED) is 0.444. The molecule has 0 fully saturated rings. The summed E-state index contributed by atoms with van der Waals surface area (Å²) in [7, 11) is -1.86. The second-order valence-electron chi connectivity index (χ2n) is 7.62. The number of fused-ring (bicyclic) bond motifs is 1. The molecule has 0 amide bonds. The molecule has 9 nitrogen and oxygen atoms in total. The van der Waals surface area contributed by atoms with Crippen LogP contribution in [0.25, 0.3) is 0 Å². The minimum Gasteiger partial charge on any atom is -0.497 e. The molecular formula is C23H28N4O5S. The molecule has 0 saturated heterocycles. The Bertz CT molecular complexity index is 1190. The molecular weight excluding hydrogens is 444 g/mol. The Hall–Kier alpha value is -3.11. The van der Waals surface area contributed by atoms with Crippen LogP contribution >= 0.6 is 0 Å². The zero-order valence-corrected chi connectivity index (χ0v) is 19.8. The van der Waals surface area contributed by atoms with Crippen LogP contribution in [-0.4, -0.2) is 49.6 Å². The lowest BCUT2D eigenvalue weighted by Gasteiger charge is -2.20. The number of hydrogen-bond donors (Lipinski definition) is 0. The molecule has 0 bridgehead atoms. The minimum absolute atomic E-state index is 0.193. The van der Waals surface area contributed by atoms with Gasteiger partial charge in [0, 0.05) is 25.3 Å². The zero-order chi connectivity index (χ0) is 23.4. The fourth-order valence-corrected chi connectivity index (χ4v) is 5.39. The van der Waals surface area contributed by atoms with E-state index in [-0.39, 0.29) is 6.61 Å². The third-order valence-corrected chi connectivity index (χ3v) is 7.70. The fourth-order valence-electron chi connectivity index (χ4n) is 3.88. The Morgan fingerprint density at radius 1 is 1.09 bits per heavy atom. The van der Waals surface area contributed by atoms with Crippen molar-refractivity contribution in [2.45, 2.75) is 38.3 Å². The molecule has 2 heterocycles. The summed E-state index contributed by atoms with van der Waals surface area (Å²) in [6.07, 6.45) is 0.762. The average molecular weight is 473 g/mol. The Labute approximate surface area is 194 Å². The number of nitrogens with zero attached hydrogens (tertiary/aromatic N) is 4. The summed E-state index contributed by atoms with van der Waals surface area (Å²) in [5.41, 5.74) is 1.99. The van der Waals surface area contributed by atoms with E-state index in [0.717, 1.165) is 30.0 Å². The van der Waals surface area contributed by atoms with Gasteiger partial charge in [-0.05, 0) is 54.4 Å². The maximum atomic E-state index is 12.8. The minimum atomic E-state index is -3.48. The van der Waals surface area contributed by atoms with Crippen LogP contribution in [0.3, 0.4) is 0 Å². The van der Waals surface area contributed by atoms with E-state index < -0.39 is 10.0 Å². The number of sulfonamides is 1. The summed E-state index contributed by atoms with van der Waals surface area (Å²) in [6, 6.07) is 12.6. The van der Waals surface area contributed by atoms with Gasteiger partial charge in [0.25, 0.3) is 0 Å². The van der Waals surface area contributed by atoms with E-state index in [1.807, 2.05) is 44.2 Å². The first-order valence-corrected chi connectivity index (χ1v) is 12.3. The van der Waals surface area contributed by atoms with E-state index in [1.54, 1.807) is 19.2 Å². The largest absolute Gasteiger partial charge is 0.497 e. The summed E-state index contributed by atoms with van der Waals surface area (Å²) in [5.74, 6) is 2.39. The Morgan fingerprint density at radius 2 is 1.82 bits per heavy atom. The predicted octanol–water partition coefficient (Wildman–Crippen LogP) is 3.25. The van der Waals surface area contributed by atoms with Gasteiger partial charge in [0.1, 0.15) is 11.5 Å². The maximum Gasteiger partial charge on any atom is 0.246 e. The lowest BCUT2D eigenvalue weighted by Crippen LogP contribution is -2.30. The molecule has 33 heavy (non-hydrogen) atoms. The van der Waals surface area contributed by atoms with Gasteiger partial charge in [-0.2, -0.15) is 9.29 Å². The number of benzene rings is 2. The average Bonchev–Trinajstić information content (AvgIpc) is 3.45. The van der Waals surface area contributed by atoms with Crippen LogP contribution in [0.2, 0.25) is 0 Å². The molecule has 10 heteroatoms. The van der Waals surface area contributed by atoms with Gasteiger partial charge in [-0.25, -0.2) is 8.42 Å². The first kappa shape index (κ1) is 23.1. The second-order valence-corrected chi connectivity index (χ2v) is 9.56. The molecule has 0 N–H and O–H groups in total. The van der Waals surface area contributed by atoms with Crippen molar-refractivity contribution in [3.05, 3.63) is 59.7 Å². The third kappa shape index (κ3) is 4.96. The van der Waals surface area contributed by atoms with Crippen LogP contribution in [0.1, 0.15) is 31.1 Å². The van der Waals surface area contributed by atoms with Gasteiger partial charge in [-0.3, -0.25) is 0 Å². The van der Waals surface area contributed by atoms with Gasteiger partial charge in [0.2, 0.25) is 21.7 Å². The standard InChI is InChI=1S/C23H28N4O5S/c1-4-27(5-2)33(28,29)20-10-11-21-17(14-20)12-13-26(21)15-23-24-22(25-32-23)16-31-19-8-6-18(30-3)7-9-19/h6-11,14H,4-5,12-13,15-16H2,1-3H3. The van der Waals surface area contributed by atoms with E-state index in [9.17, 15) is 8.42 Å². The number of ether oxygens (including phenoxy) is 2. The Morgan fingerprint density at radius 3 is 2.52 bits per heavy atom. The molecule has 2 aromatic carbocycles. The molecule has 4 rings (SSSR count). The van der Waals surface area contributed by atoms with Gasteiger partial charge < -0.3 is 18.9 Å². The highest BCUT2D eigenvalue weighted by Crippen LogP contribution is 2.32. The Kier molecular flexibility index (Phi) is 6.85. The smallest absolute Gasteiger partial charge is 0.246 e. The van der Waals surface area contributed by atoms with Crippen LogP contribution in [0.15, 0.2) is 51.9 Å². The summed E-state index contributed by atoms with van der Waals surface area (Å²) < 4.78 is 43.4. The molecule has 3 aromatic rings. The van der Waals surface area contributed by atoms with E-state index in [2.05, 4.69) is 15.0 Å². The van der Waals surface area contributed by atoms with Gasteiger partial charge in [0.15, 0.2) is 6.61 Å². The third-order valence-electron chi connectivity index (χ3n) is 5.65. The highest BCUT2D eigenvalue weighted by Gasteiger charge is 2.26. The summed E-state index contributed by atoms with van der Waals surface area (Å²) >= 11 is 0. The molecule has 0 radical (unpaired) electrons. The van der Waals surface area contributed by atoms with Gasteiger partial charge in [-0.15, -0.1) is 0 Å². The SMILES string of the molecule is CCN(CC)S(=O)(=O)c1ccc2c(c1)CCN2Cc1nc(COc2ccc(OC)cc2)no1. The second kappa shape index (κ2) is 9.80. The molecule has 1 aromatic heterocycles. The lowest BCUT2D eigenvalue weighted by molar-refractivity contribution is 0.284. The van der Waals surface area contributed by atoms with Crippen molar-refractivity contribution < 1.29 is 22.4 Å². The van der Waals surface area contributed by atoms with Gasteiger partial charge in [0.05, 0.1) is 18.6 Å². The van der Waals surface area contributed by atoms with E-state index >= 15 is 0 Å². The lowest BCUT2D eigenvalue weighted by atomic mass is 10.2. The molecule has 0 saturated carbocycles. The number of anilines is 1. The molecule has 1 aliphatic rings. The molecule has 0 atom stereocenters. The maximum absolute atomic E-state index is 12.8. The van der Waals surface area contributed by atoms with Crippen molar-refractivity contribution in [1.29, 1.82) is 0 Å². The Balaban J connectivity index is 1.40. The van der Waals surface area contributed by atoms with Crippen molar-refractivity contribution >= 4 is 15.7 Å². The monoisotopic (exact) mass is 472 g/mol. The molecule has 0 aliphatic carbocycles. The van der Waals surface area contributed by atoms with Crippen LogP contribution < -0.4 is 14.4 Å². The van der Waals surface area contributed by atoms with Crippen molar-refractivity contribution in [2.75, 3.05) is 31.6 Å². The predicted molar refractivity (Wildman–Crippen MR) is 123 cm³/mol. The molecule has 0 spiro atoms. The van der Waals surface area contributed by atoms with Crippen LogP contribution in [0.5, 0.6) is 11.5 Å². The van der Waals surface area contributed by atoms with E-state index in [0.29, 0.717) is 42.0 Å². The highest BCUT2D eigenvalue weighted by atomic mass is 32.2. The zero-order valence-electron chi connectivity index (χ0n) is 19.0. The van der Waals surface area contributed by atoms with Gasteiger partial charge >= 0.3 is 0 Å². The highest BCUT2D eigenvalue weighted by molar-refractivity contribution is 7.89. The van der Waals surface area contributed by atoms with Crippen molar-refractivity contribution in [2.24, 2.45) is 0 Å². The normalized spacial score (nSPS) is 13.4. The van der Waals surface area contributed by atoms with Crippen LogP contribution in [-0.2, 0) is 29.6 Å². The molecule has 1 aliphatic heterocycles.